The summed E-state index contributed by atoms with van der Waals surface area (Å²) in [5.74, 6) is -1.18. The maximum Gasteiger partial charge on any atom is 0.408 e. The topological polar surface area (TPSA) is 90.7 Å². The van der Waals surface area contributed by atoms with Crippen LogP contribution in [0.1, 0.15) is 12.6 Å². The highest BCUT2D eigenvalue weighted by molar-refractivity contribution is 5.78. The smallest absolute Gasteiger partial charge is 0.408 e. The molecule has 1 aromatic rings. The summed E-state index contributed by atoms with van der Waals surface area (Å²) in [6.07, 6.45) is 0.251. The van der Waals surface area contributed by atoms with E-state index in [0.717, 1.165) is 4.90 Å². The molecule has 0 aliphatic rings. The molecule has 0 aliphatic carbocycles. The summed E-state index contributed by atoms with van der Waals surface area (Å²) >= 11 is 0. The van der Waals surface area contributed by atoms with Gasteiger partial charge < -0.3 is 10.2 Å². The second-order valence-electron chi connectivity index (χ2n) is 3.25. The van der Waals surface area contributed by atoms with Gasteiger partial charge >= 0.3 is 12.1 Å². The van der Waals surface area contributed by atoms with Crippen molar-refractivity contribution in [1.82, 2.24) is 9.88 Å². The Hall–Kier alpha value is -2.11. The van der Waals surface area contributed by atoms with E-state index in [1.54, 1.807) is 18.2 Å². The zero-order valence-electron chi connectivity index (χ0n) is 8.70. The first kappa shape index (κ1) is 12.0. The Morgan fingerprint density at radius 1 is 1.44 bits per heavy atom. The minimum Gasteiger partial charge on any atom is -0.480 e. The van der Waals surface area contributed by atoms with Gasteiger partial charge in [0.2, 0.25) is 0 Å². The van der Waals surface area contributed by atoms with Crippen LogP contribution in [0.3, 0.4) is 0 Å². The molecule has 0 aliphatic heterocycles. The quantitative estimate of drug-likeness (QED) is 0.797. The van der Waals surface area contributed by atoms with Gasteiger partial charge in [-0.2, -0.15) is 0 Å². The number of carboxylic acid groups (broad SMARTS) is 2. The molecule has 86 valence electrons. The third-order valence-corrected chi connectivity index (χ3v) is 2.13. The molecule has 0 aromatic carbocycles. The second kappa shape index (κ2) is 5.11. The Labute approximate surface area is 92.1 Å². The Morgan fingerprint density at radius 2 is 2.12 bits per heavy atom. The Morgan fingerprint density at radius 3 is 2.56 bits per heavy atom. The predicted octanol–water partition coefficient (Wildman–Crippen LogP) is 1.03. The number of carboxylic acids is 1. The van der Waals surface area contributed by atoms with Gasteiger partial charge in [0.25, 0.3) is 0 Å². The number of aliphatic carboxylic acids is 1. The summed E-state index contributed by atoms with van der Waals surface area (Å²) in [7, 11) is 0. The SMILES string of the molecule is CC(C(=O)O)N(Cc1ccccn1)C(=O)O. The monoisotopic (exact) mass is 224 g/mol. The summed E-state index contributed by atoms with van der Waals surface area (Å²) in [6, 6.07) is 3.97. The Kier molecular flexibility index (Phi) is 3.82. The molecule has 0 radical (unpaired) electrons. The zero-order valence-corrected chi connectivity index (χ0v) is 8.70. The first-order valence-corrected chi connectivity index (χ1v) is 4.64. The van der Waals surface area contributed by atoms with Gasteiger partial charge in [-0.25, -0.2) is 9.59 Å². The van der Waals surface area contributed by atoms with Gasteiger partial charge in [0.05, 0.1) is 12.2 Å². The number of hydrogen-bond donors (Lipinski definition) is 2. The highest BCUT2D eigenvalue weighted by Gasteiger charge is 2.25. The predicted molar refractivity (Wildman–Crippen MR) is 54.9 cm³/mol. The summed E-state index contributed by atoms with van der Waals surface area (Å²) < 4.78 is 0. The van der Waals surface area contributed by atoms with E-state index in [1.165, 1.54) is 13.1 Å². The van der Waals surface area contributed by atoms with Crippen LogP contribution in [0.5, 0.6) is 0 Å². The van der Waals surface area contributed by atoms with Crippen molar-refractivity contribution in [1.29, 1.82) is 0 Å². The van der Waals surface area contributed by atoms with Crippen molar-refractivity contribution in [2.24, 2.45) is 0 Å². The normalized spacial score (nSPS) is 11.8. The number of pyridine rings is 1. The van der Waals surface area contributed by atoms with Crippen LogP contribution in [0.2, 0.25) is 0 Å². The van der Waals surface area contributed by atoms with Crippen molar-refractivity contribution < 1.29 is 19.8 Å². The molecule has 1 unspecified atom stereocenters. The number of nitrogens with zero attached hydrogens (tertiary/aromatic N) is 2. The standard InChI is InChI=1S/C10H12N2O4/c1-7(9(13)14)12(10(15)16)6-8-4-2-3-5-11-8/h2-5,7H,6H2,1H3,(H,13,14)(H,15,16). The van der Waals surface area contributed by atoms with E-state index in [9.17, 15) is 9.59 Å². The van der Waals surface area contributed by atoms with E-state index < -0.39 is 18.1 Å². The average molecular weight is 224 g/mol. The fourth-order valence-electron chi connectivity index (χ4n) is 1.17. The van der Waals surface area contributed by atoms with Gasteiger partial charge in [-0.15, -0.1) is 0 Å². The lowest BCUT2D eigenvalue weighted by atomic mass is 10.2. The number of aromatic nitrogens is 1. The summed E-state index contributed by atoms with van der Waals surface area (Å²) in [5, 5.41) is 17.6. The van der Waals surface area contributed by atoms with Crippen LogP contribution in [-0.4, -0.2) is 38.2 Å². The first-order chi connectivity index (χ1) is 7.52. The first-order valence-electron chi connectivity index (χ1n) is 4.64. The summed E-state index contributed by atoms with van der Waals surface area (Å²) in [4.78, 5) is 26.4. The maximum absolute atomic E-state index is 10.9. The van der Waals surface area contributed by atoms with Crippen LogP contribution in [0.25, 0.3) is 0 Å². The minimum atomic E-state index is -1.28. The molecule has 6 nitrogen and oxygen atoms in total. The van der Waals surface area contributed by atoms with Crippen molar-refractivity contribution in [2.75, 3.05) is 0 Å². The van der Waals surface area contributed by atoms with Crippen molar-refractivity contribution in [2.45, 2.75) is 19.5 Å². The van der Waals surface area contributed by atoms with E-state index in [0.29, 0.717) is 5.69 Å². The molecule has 1 heterocycles. The van der Waals surface area contributed by atoms with Gasteiger partial charge in [-0.3, -0.25) is 9.88 Å². The Bertz CT molecular complexity index is 380. The van der Waals surface area contributed by atoms with Crippen LogP contribution in [-0.2, 0) is 11.3 Å². The molecular formula is C10H12N2O4. The van der Waals surface area contributed by atoms with Gasteiger partial charge in [0.15, 0.2) is 0 Å². The van der Waals surface area contributed by atoms with Crippen LogP contribution in [0.4, 0.5) is 4.79 Å². The molecule has 0 bridgehead atoms. The van der Waals surface area contributed by atoms with E-state index >= 15 is 0 Å². The number of rotatable bonds is 4. The Balaban J connectivity index is 2.81. The van der Waals surface area contributed by atoms with E-state index in [1.807, 2.05) is 0 Å². The van der Waals surface area contributed by atoms with Gasteiger partial charge in [0.1, 0.15) is 6.04 Å². The molecule has 1 aromatic heterocycles. The van der Waals surface area contributed by atoms with Gasteiger partial charge in [-0.05, 0) is 19.1 Å². The highest BCUT2D eigenvalue weighted by atomic mass is 16.4. The summed E-state index contributed by atoms with van der Waals surface area (Å²) in [5.41, 5.74) is 0.512. The third kappa shape index (κ3) is 2.94. The molecule has 16 heavy (non-hydrogen) atoms. The van der Waals surface area contributed by atoms with Crippen molar-refractivity contribution in [3.8, 4) is 0 Å². The van der Waals surface area contributed by atoms with Crippen LogP contribution in [0, 0.1) is 0 Å². The third-order valence-electron chi connectivity index (χ3n) is 2.13. The van der Waals surface area contributed by atoms with E-state index in [4.69, 9.17) is 10.2 Å². The zero-order chi connectivity index (χ0) is 12.1. The highest BCUT2D eigenvalue weighted by Crippen LogP contribution is 2.06. The van der Waals surface area contributed by atoms with E-state index in [-0.39, 0.29) is 6.54 Å². The molecule has 0 saturated carbocycles. The van der Waals surface area contributed by atoms with Gasteiger partial charge in [0, 0.05) is 6.20 Å². The molecule has 6 heteroatoms. The van der Waals surface area contributed by atoms with Crippen LogP contribution < -0.4 is 0 Å². The molecule has 0 spiro atoms. The molecule has 2 N–H and O–H groups in total. The number of hydrogen-bond acceptors (Lipinski definition) is 3. The van der Waals surface area contributed by atoms with Gasteiger partial charge in [-0.1, -0.05) is 6.07 Å². The minimum absolute atomic E-state index is 0.0381. The molecular weight excluding hydrogens is 212 g/mol. The lowest BCUT2D eigenvalue weighted by molar-refractivity contribution is -0.142. The van der Waals surface area contributed by atoms with Crippen molar-refractivity contribution in [3.05, 3.63) is 30.1 Å². The maximum atomic E-state index is 10.9. The molecule has 0 fully saturated rings. The fourth-order valence-corrected chi connectivity index (χ4v) is 1.17. The summed E-state index contributed by atoms with van der Waals surface area (Å²) in [6.45, 7) is 1.28. The molecule has 1 amide bonds. The largest absolute Gasteiger partial charge is 0.480 e. The second-order valence-corrected chi connectivity index (χ2v) is 3.25. The fraction of sp³-hybridized carbons (Fsp3) is 0.300. The average Bonchev–Trinajstić information content (AvgIpc) is 2.26. The van der Waals surface area contributed by atoms with Crippen LogP contribution >= 0.6 is 0 Å². The van der Waals surface area contributed by atoms with E-state index in [2.05, 4.69) is 4.98 Å². The van der Waals surface area contributed by atoms with Crippen molar-refractivity contribution >= 4 is 12.1 Å². The lowest BCUT2D eigenvalue weighted by Crippen LogP contribution is -2.42. The lowest BCUT2D eigenvalue weighted by Gasteiger charge is -2.22. The number of carbonyl (C=O) groups is 2. The molecule has 0 saturated heterocycles. The molecule has 1 atom stereocenters. The molecule has 1 rings (SSSR count). The number of amides is 1. The van der Waals surface area contributed by atoms with Crippen molar-refractivity contribution in [3.63, 3.8) is 0 Å². The van der Waals surface area contributed by atoms with Crippen LogP contribution in [0.15, 0.2) is 24.4 Å².